The zero-order valence-corrected chi connectivity index (χ0v) is 11.1. The van der Waals surface area contributed by atoms with Crippen LogP contribution in [-0.4, -0.2) is 13.1 Å². The van der Waals surface area contributed by atoms with Crippen molar-refractivity contribution in [3.05, 3.63) is 53.1 Å². The minimum absolute atomic E-state index is 0.319. The molecule has 0 radical (unpaired) electrons. The van der Waals surface area contributed by atoms with Crippen LogP contribution in [0.2, 0.25) is 5.02 Å². The first-order valence-corrected chi connectivity index (χ1v) is 5.99. The number of hydrogen-bond acceptors (Lipinski definition) is 4. The van der Waals surface area contributed by atoms with Crippen molar-refractivity contribution in [1.82, 2.24) is 0 Å². The summed E-state index contributed by atoms with van der Waals surface area (Å²) in [6.45, 7) is 0. The summed E-state index contributed by atoms with van der Waals surface area (Å²) in [4.78, 5) is 11.5. The zero-order valence-electron chi connectivity index (χ0n) is 10.3. The van der Waals surface area contributed by atoms with E-state index >= 15 is 0 Å². The first-order valence-electron chi connectivity index (χ1n) is 5.62. The van der Waals surface area contributed by atoms with Crippen molar-refractivity contribution in [2.45, 2.75) is 0 Å². The van der Waals surface area contributed by atoms with Crippen LogP contribution < -0.4 is 11.1 Å². The van der Waals surface area contributed by atoms with E-state index in [4.69, 9.17) is 17.3 Å². The molecule has 0 aliphatic carbocycles. The Morgan fingerprint density at radius 3 is 2.53 bits per heavy atom. The number of esters is 1. The van der Waals surface area contributed by atoms with Crippen molar-refractivity contribution >= 4 is 34.6 Å². The van der Waals surface area contributed by atoms with Crippen LogP contribution in [0, 0.1) is 0 Å². The highest BCUT2D eigenvalue weighted by Crippen LogP contribution is 2.30. The maximum Gasteiger partial charge on any atom is 0.340 e. The third-order valence-electron chi connectivity index (χ3n) is 2.65. The molecule has 0 aliphatic rings. The van der Waals surface area contributed by atoms with Crippen molar-refractivity contribution in [2.24, 2.45) is 0 Å². The maximum atomic E-state index is 11.5. The number of carbonyl (C=O) groups excluding carboxylic acids is 1. The van der Waals surface area contributed by atoms with E-state index in [1.807, 2.05) is 18.2 Å². The molecule has 98 valence electrons. The van der Waals surface area contributed by atoms with Crippen LogP contribution in [0.25, 0.3) is 0 Å². The molecule has 0 saturated heterocycles. The Balaban J connectivity index is 2.37. The molecule has 0 spiro atoms. The third-order valence-corrected chi connectivity index (χ3v) is 2.98. The fourth-order valence-electron chi connectivity index (χ4n) is 1.67. The number of benzene rings is 2. The van der Waals surface area contributed by atoms with Crippen LogP contribution in [0.1, 0.15) is 10.4 Å². The summed E-state index contributed by atoms with van der Waals surface area (Å²) in [7, 11) is 1.32. The predicted octanol–water partition coefficient (Wildman–Crippen LogP) is 3.45. The topological polar surface area (TPSA) is 64.3 Å². The van der Waals surface area contributed by atoms with Gasteiger partial charge in [0.15, 0.2) is 0 Å². The number of methoxy groups -OCH3 is 1. The van der Waals surface area contributed by atoms with Gasteiger partial charge in [-0.1, -0.05) is 29.8 Å². The molecule has 0 unspecified atom stereocenters. The SMILES string of the molecule is COC(=O)c1cccc(Nc2ccccc2Cl)c1N. The van der Waals surface area contributed by atoms with Gasteiger partial charge in [0, 0.05) is 0 Å². The number of hydrogen-bond donors (Lipinski definition) is 2. The van der Waals surface area contributed by atoms with E-state index in [2.05, 4.69) is 10.1 Å². The first-order chi connectivity index (χ1) is 9.13. The molecule has 0 bridgehead atoms. The Kier molecular flexibility index (Phi) is 3.92. The average molecular weight is 277 g/mol. The van der Waals surface area contributed by atoms with Gasteiger partial charge in [-0.3, -0.25) is 0 Å². The largest absolute Gasteiger partial charge is 0.465 e. The highest BCUT2D eigenvalue weighted by Gasteiger charge is 2.13. The van der Waals surface area contributed by atoms with E-state index in [-0.39, 0.29) is 0 Å². The van der Waals surface area contributed by atoms with E-state index in [9.17, 15) is 4.79 Å². The van der Waals surface area contributed by atoms with Gasteiger partial charge in [0.05, 0.1) is 34.8 Å². The summed E-state index contributed by atoms with van der Waals surface area (Å²) in [6.07, 6.45) is 0. The van der Waals surface area contributed by atoms with Crippen molar-refractivity contribution in [1.29, 1.82) is 0 Å². The van der Waals surface area contributed by atoms with Crippen LogP contribution in [0.5, 0.6) is 0 Å². The molecule has 0 saturated carbocycles. The van der Waals surface area contributed by atoms with Crippen LogP contribution >= 0.6 is 11.6 Å². The molecule has 0 amide bonds. The maximum absolute atomic E-state index is 11.5. The average Bonchev–Trinajstić information content (AvgIpc) is 2.42. The Bertz CT molecular complexity index is 614. The van der Waals surface area contributed by atoms with Crippen molar-refractivity contribution in [3.63, 3.8) is 0 Å². The van der Waals surface area contributed by atoms with Gasteiger partial charge in [-0.25, -0.2) is 4.79 Å². The van der Waals surface area contributed by atoms with E-state index in [0.717, 1.165) is 5.69 Å². The second-order valence-corrected chi connectivity index (χ2v) is 4.27. The molecule has 0 fully saturated rings. The Hall–Kier alpha value is -2.20. The lowest BCUT2D eigenvalue weighted by atomic mass is 10.1. The normalized spacial score (nSPS) is 10.0. The predicted molar refractivity (Wildman–Crippen MR) is 76.9 cm³/mol. The van der Waals surface area contributed by atoms with E-state index in [1.165, 1.54) is 7.11 Å². The summed E-state index contributed by atoms with van der Waals surface area (Å²) in [6, 6.07) is 12.4. The Labute approximate surface area is 116 Å². The van der Waals surface area contributed by atoms with Crippen molar-refractivity contribution in [3.8, 4) is 0 Å². The highest BCUT2D eigenvalue weighted by atomic mass is 35.5. The van der Waals surface area contributed by atoms with Gasteiger partial charge < -0.3 is 15.8 Å². The highest BCUT2D eigenvalue weighted by molar-refractivity contribution is 6.33. The number of nitrogen functional groups attached to an aromatic ring is 1. The second kappa shape index (κ2) is 5.63. The number of anilines is 3. The molecule has 0 aromatic heterocycles. The van der Waals surface area contributed by atoms with Crippen molar-refractivity contribution < 1.29 is 9.53 Å². The minimum Gasteiger partial charge on any atom is -0.465 e. The number of para-hydroxylation sites is 2. The lowest BCUT2D eigenvalue weighted by Gasteiger charge is -2.12. The molecule has 2 rings (SSSR count). The fraction of sp³-hybridized carbons (Fsp3) is 0.0714. The second-order valence-electron chi connectivity index (χ2n) is 3.86. The van der Waals surface area contributed by atoms with Gasteiger partial charge in [-0.05, 0) is 24.3 Å². The molecule has 0 atom stereocenters. The first kappa shape index (κ1) is 13.2. The smallest absolute Gasteiger partial charge is 0.340 e. The van der Waals surface area contributed by atoms with Gasteiger partial charge in [0.25, 0.3) is 0 Å². The van der Waals surface area contributed by atoms with Crippen LogP contribution in [0.3, 0.4) is 0 Å². The number of carbonyl (C=O) groups is 1. The van der Waals surface area contributed by atoms with Crippen LogP contribution in [0.4, 0.5) is 17.1 Å². The number of ether oxygens (including phenoxy) is 1. The minimum atomic E-state index is -0.472. The summed E-state index contributed by atoms with van der Waals surface area (Å²) in [5.41, 5.74) is 7.93. The number of nitrogens with one attached hydrogen (secondary N) is 1. The van der Waals surface area contributed by atoms with E-state index in [0.29, 0.717) is 22.0 Å². The lowest BCUT2D eigenvalue weighted by Crippen LogP contribution is -2.07. The van der Waals surface area contributed by atoms with Gasteiger partial charge in [-0.2, -0.15) is 0 Å². The molecule has 0 aliphatic heterocycles. The molecular formula is C14H13ClN2O2. The van der Waals surface area contributed by atoms with Crippen LogP contribution in [0.15, 0.2) is 42.5 Å². The van der Waals surface area contributed by atoms with Gasteiger partial charge in [-0.15, -0.1) is 0 Å². The molecule has 4 nitrogen and oxygen atoms in total. The molecule has 2 aromatic rings. The molecule has 0 heterocycles. The van der Waals surface area contributed by atoms with Gasteiger partial charge in [0.2, 0.25) is 0 Å². The molecule has 5 heteroatoms. The standard InChI is InChI=1S/C14H13ClN2O2/c1-19-14(18)9-5-4-8-12(13(9)16)17-11-7-3-2-6-10(11)15/h2-8,17H,16H2,1H3. The quantitative estimate of drug-likeness (QED) is 0.666. The molecule has 3 N–H and O–H groups in total. The van der Waals surface area contributed by atoms with Crippen LogP contribution in [-0.2, 0) is 4.74 Å². The summed E-state index contributed by atoms with van der Waals surface area (Å²) in [5.74, 6) is -0.472. The van der Waals surface area contributed by atoms with E-state index in [1.54, 1.807) is 24.3 Å². The third kappa shape index (κ3) is 2.80. The molecule has 19 heavy (non-hydrogen) atoms. The molecular weight excluding hydrogens is 264 g/mol. The van der Waals surface area contributed by atoms with Gasteiger partial charge >= 0.3 is 5.97 Å². The summed E-state index contributed by atoms with van der Waals surface area (Å²) >= 11 is 6.06. The van der Waals surface area contributed by atoms with Gasteiger partial charge in [0.1, 0.15) is 0 Å². The van der Waals surface area contributed by atoms with E-state index < -0.39 is 5.97 Å². The Morgan fingerprint density at radius 2 is 1.84 bits per heavy atom. The number of nitrogens with two attached hydrogens (primary N) is 1. The monoisotopic (exact) mass is 276 g/mol. The Morgan fingerprint density at radius 1 is 1.16 bits per heavy atom. The summed E-state index contributed by atoms with van der Waals surface area (Å²) in [5, 5.41) is 3.67. The number of halogens is 1. The zero-order chi connectivity index (χ0) is 13.8. The summed E-state index contributed by atoms with van der Waals surface area (Å²) < 4.78 is 4.67. The van der Waals surface area contributed by atoms with Crippen molar-refractivity contribution in [2.75, 3.05) is 18.2 Å². The number of rotatable bonds is 3. The fourth-order valence-corrected chi connectivity index (χ4v) is 1.85. The lowest BCUT2D eigenvalue weighted by molar-refractivity contribution is 0.0602. The molecule has 2 aromatic carbocycles.